The van der Waals surface area contributed by atoms with Crippen LogP contribution in [-0.2, 0) is 0 Å². The predicted molar refractivity (Wildman–Crippen MR) is 73.2 cm³/mol. The lowest BCUT2D eigenvalue weighted by atomic mass is 10.2. The maximum atomic E-state index is 12.3. The summed E-state index contributed by atoms with van der Waals surface area (Å²) in [6, 6.07) is 7.08. The molecule has 1 amide bonds. The maximum Gasteiger partial charge on any atom is 0.253 e. The Bertz CT molecular complexity index is 452. The highest BCUT2D eigenvalue weighted by molar-refractivity contribution is 5.94. The van der Waals surface area contributed by atoms with Crippen LogP contribution in [0.15, 0.2) is 24.3 Å². The van der Waals surface area contributed by atoms with Crippen LogP contribution in [0.4, 0.5) is 0 Å². The van der Waals surface area contributed by atoms with Crippen LogP contribution in [0.1, 0.15) is 29.6 Å². The molecule has 1 atom stereocenters. The van der Waals surface area contributed by atoms with E-state index in [0.717, 1.165) is 19.5 Å². The smallest absolute Gasteiger partial charge is 0.253 e. The number of rotatable bonds is 2. The molecule has 1 aromatic carbocycles. The highest BCUT2D eigenvalue weighted by atomic mass is 16.3. The van der Waals surface area contributed by atoms with Crippen LogP contribution in [0, 0.1) is 0 Å². The number of amides is 1. The molecule has 4 nitrogen and oxygen atoms in total. The minimum Gasteiger partial charge on any atom is -0.508 e. The van der Waals surface area contributed by atoms with Gasteiger partial charge in [-0.2, -0.15) is 0 Å². The SMILES string of the molecule is O=C(c1ccc(O)cc1)N1CCC(N2CCCC2)C1. The highest BCUT2D eigenvalue weighted by Crippen LogP contribution is 2.22. The summed E-state index contributed by atoms with van der Waals surface area (Å²) in [5.41, 5.74) is 0.667. The second kappa shape index (κ2) is 5.21. The van der Waals surface area contributed by atoms with E-state index in [-0.39, 0.29) is 11.7 Å². The van der Waals surface area contributed by atoms with Crippen molar-refractivity contribution in [2.24, 2.45) is 0 Å². The quantitative estimate of drug-likeness (QED) is 0.880. The van der Waals surface area contributed by atoms with E-state index < -0.39 is 0 Å². The maximum absolute atomic E-state index is 12.3. The summed E-state index contributed by atoms with van der Waals surface area (Å²) in [5, 5.41) is 9.26. The molecule has 2 saturated heterocycles. The van der Waals surface area contributed by atoms with Crippen LogP contribution in [-0.4, -0.2) is 53.0 Å². The molecule has 102 valence electrons. The molecule has 4 heteroatoms. The van der Waals surface area contributed by atoms with Gasteiger partial charge in [0.05, 0.1) is 0 Å². The van der Waals surface area contributed by atoms with E-state index in [1.54, 1.807) is 24.3 Å². The van der Waals surface area contributed by atoms with Gasteiger partial charge in [-0.15, -0.1) is 0 Å². The van der Waals surface area contributed by atoms with Gasteiger partial charge >= 0.3 is 0 Å². The van der Waals surface area contributed by atoms with Crippen molar-refractivity contribution in [3.05, 3.63) is 29.8 Å². The lowest BCUT2D eigenvalue weighted by Gasteiger charge is -2.23. The molecule has 0 bridgehead atoms. The average molecular weight is 260 g/mol. The summed E-state index contributed by atoms with van der Waals surface area (Å²) in [4.78, 5) is 16.8. The number of aromatic hydroxyl groups is 1. The van der Waals surface area contributed by atoms with Gasteiger partial charge in [0, 0.05) is 24.7 Å². The zero-order valence-corrected chi connectivity index (χ0v) is 11.1. The topological polar surface area (TPSA) is 43.8 Å². The summed E-state index contributed by atoms with van der Waals surface area (Å²) < 4.78 is 0. The van der Waals surface area contributed by atoms with E-state index in [9.17, 15) is 9.90 Å². The lowest BCUT2D eigenvalue weighted by molar-refractivity contribution is 0.0780. The Morgan fingerprint density at radius 3 is 2.47 bits per heavy atom. The van der Waals surface area contributed by atoms with Crippen molar-refractivity contribution in [1.82, 2.24) is 9.80 Å². The molecule has 2 aliphatic rings. The molecular formula is C15H20N2O2. The molecule has 2 fully saturated rings. The number of carbonyl (C=O) groups excluding carboxylic acids is 1. The van der Waals surface area contributed by atoms with Crippen LogP contribution >= 0.6 is 0 Å². The van der Waals surface area contributed by atoms with E-state index in [4.69, 9.17) is 0 Å². The van der Waals surface area contributed by atoms with Crippen molar-refractivity contribution in [1.29, 1.82) is 0 Å². The van der Waals surface area contributed by atoms with E-state index in [1.165, 1.54) is 25.9 Å². The normalized spacial score (nSPS) is 24.0. The van der Waals surface area contributed by atoms with Gasteiger partial charge in [-0.1, -0.05) is 0 Å². The fourth-order valence-corrected chi connectivity index (χ4v) is 3.12. The van der Waals surface area contributed by atoms with Gasteiger partial charge in [0.25, 0.3) is 5.91 Å². The zero-order chi connectivity index (χ0) is 13.2. The van der Waals surface area contributed by atoms with E-state index in [1.807, 2.05) is 4.90 Å². The third-order valence-corrected chi connectivity index (χ3v) is 4.22. The molecule has 0 saturated carbocycles. The largest absolute Gasteiger partial charge is 0.508 e. The summed E-state index contributed by atoms with van der Waals surface area (Å²) in [7, 11) is 0. The third-order valence-electron chi connectivity index (χ3n) is 4.22. The molecule has 0 radical (unpaired) electrons. The average Bonchev–Trinajstić information content (AvgIpc) is 3.10. The Balaban J connectivity index is 1.63. The summed E-state index contributed by atoms with van der Waals surface area (Å²) in [5.74, 6) is 0.287. The third kappa shape index (κ3) is 2.59. The molecule has 1 aromatic rings. The van der Waals surface area contributed by atoms with Crippen molar-refractivity contribution in [3.8, 4) is 5.75 Å². The second-order valence-electron chi connectivity index (χ2n) is 5.48. The van der Waals surface area contributed by atoms with Gasteiger partial charge in [-0.05, 0) is 56.6 Å². The molecule has 19 heavy (non-hydrogen) atoms. The van der Waals surface area contributed by atoms with Gasteiger partial charge in [0.2, 0.25) is 0 Å². The van der Waals surface area contributed by atoms with Crippen LogP contribution in [0.2, 0.25) is 0 Å². The van der Waals surface area contributed by atoms with E-state index in [2.05, 4.69) is 4.90 Å². The second-order valence-corrected chi connectivity index (χ2v) is 5.48. The Morgan fingerprint density at radius 1 is 1.11 bits per heavy atom. The molecule has 2 aliphatic heterocycles. The molecule has 2 heterocycles. The van der Waals surface area contributed by atoms with E-state index >= 15 is 0 Å². The number of likely N-dealkylation sites (tertiary alicyclic amines) is 2. The van der Waals surface area contributed by atoms with Gasteiger partial charge in [-0.3, -0.25) is 9.69 Å². The Hall–Kier alpha value is -1.55. The first-order valence-corrected chi connectivity index (χ1v) is 7.06. The van der Waals surface area contributed by atoms with Gasteiger partial charge in [0.15, 0.2) is 0 Å². The van der Waals surface area contributed by atoms with Crippen LogP contribution < -0.4 is 0 Å². The van der Waals surface area contributed by atoms with Gasteiger partial charge < -0.3 is 10.0 Å². The van der Waals surface area contributed by atoms with Crippen LogP contribution in [0.25, 0.3) is 0 Å². The predicted octanol–water partition coefficient (Wildman–Crippen LogP) is 1.70. The van der Waals surface area contributed by atoms with Crippen molar-refractivity contribution in [2.75, 3.05) is 26.2 Å². The number of phenols is 1. The van der Waals surface area contributed by atoms with Crippen molar-refractivity contribution >= 4 is 5.91 Å². The summed E-state index contributed by atoms with van der Waals surface area (Å²) in [6.45, 7) is 4.07. The number of hydrogen-bond acceptors (Lipinski definition) is 3. The number of hydrogen-bond donors (Lipinski definition) is 1. The lowest BCUT2D eigenvalue weighted by Crippen LogP contribution is -2.37. The number of benzene rings is 1. The molecule has 0 aromatic heterocycles. The zero-order valence-electron chi connectivity index (χ0n) is 11.1. The summed E-state index contributed by atoms with van der Waals surface area (Å²) in [6.07, 6.45) is 3.68. The standard InChI is InChI=1S/C15H20N2O2/c18-14-5-3-12(4-6-14)15(19)17-10-7-13(11-17)16-8-1-2-9-16/h3-6,13,18H,1-2,7-11H2. The Labute approximate surface area is 113 Å². The molecule has 0 spiro atoms. The number of nitrogens with zero attached hydrogens (tertiary/aromatic N) is 2. The molecule has 3 rings (SSSR count). The molecule has 1 N–H and O–H groups in total. The van der Waals surface area contributed by atoms with Crippen LogP contribution in [0.3, 0.4) is 0 Å². The highest BCUT2D eigenvalue weighted by Gasteiger charge is 2.31. The number of phenolic OH excluding ortho intramolecular Hbond substituents is 1. The van der Waals surface area contributed by atoms with Crippen molar-refractivity contribution in [2.45, 2.75) is 25.3 Å². The first-order chi connectivity index (χ1) is 9.24. The van der Waals surface area contributed by atoms with Crippen LogP contribution in [0.5, 0.6) is 5.75 Å². The fourth-order valence-electron chi connectivity index (χ4n) is 3.12. The van der Waals surface area contributed by atoms with Crippen molar-refractivity contribution < 1.29 is 9.90 Å². The fraction of sp³-hybridized carbons (Fsp3) is 0.533. The minimum atomic E-state index is 0.0849. The summed E-state index contributed by atoms with van der Waals surface area (Å²) >= 11 is 0. The monoisotopic (exact) mass is 260 g/mol. The first-order valence-electron chi connectivity index (χ1n) is 7.06. The Morgan fingerprint density at radius 2 is 1.79 bits per heavy atom. The first kappa shape index (κ1) is 12.5. The van der Waals surface area contributed by atoms with Crippen molar-refractivity contribution in [3.63, 3.8) is 0 Å². The van der Waals surface area contributed by atoms with Gasteiger partial charge in [-0.25, -0.2) is 0 Å². The molecule has 0 aliphatic carbocycles. The molecular weight excluding hydrogens is 240 g/mol. The molecule has 1 unspecified atom stereocenters. The van der Waals surface area contributed by atoms with Gasteiger partial charge in [0.1, 0.15) is 5.75 Å². The van der Waals surface area contributed by atoms with E-state index in [0.29, 0.717) is 11.6 Å². The minimum absolute atomic E-state index is 0.0849. The number of carbonyl (C=O) groups is 1. The Kier molecular flexibility index (Phi) is 3.42.